The predicted molar refractivity (Wildman–Crippen MR) is 105 cm³/mol. The molecule has 0 aliphatic heterocycles. The highest BCUT2D eigenvalue weighted by Crippen LogP contribution is 2.35. The average Bonchev–Trinajstić information content (AvgIpc) is 3.22. The molecule has 0 saturated heterocycles. The number of nitrogens with zero attached hydrogens (tertiary/aromatic N) is 2. The monoisotopic (exact) mass is 385 g/mol. The standard InChI is InChI=1S/C18H15N3O3S2/c1-2-24-13-4-6-15-17(8-13)26-18(20-15)25-10-11-9-19-16-7-12(21(22)23)3-5-14(11)16/h3-9,19H,2,10H2,1H3. The van der Waals surface area contributed by atoms with Gasteiger partial charge in [-0.2, -0.15) is 0 Å². The molecular formula is C18H15N3O3S2. The van der Waals surface area contributed by atoms with E-state index in [9.17, 15) is 10.1 Å². The summed E-state index contributed by atoms with van der Waals surface area (Å²) in [5, 5.41) is 11.9. The van der Waals surface area contributed by atoms with Crippen LogP contribution in [-0.4, -0.2) is 21.5 Å². The number of nitro groups is 1. The van der Waals surface area contributed by atoms with Crippen molar-refractivity contribution in [3.05, 3.63) is 58.3 Å². The van der Waals surface area contributed by atoms with Crippen LogP contribution in [0.4, 0.5) is 5.69 Å². The van der Waals surface area contributed by atoms with Crippen LogP contribution in [0.2, 0.25) is 0 Å². The lowest BCUT2D eigenvalue weighted by Gasteiger charge is -2.00. The highest BCUT2D eigenvalue weighted by Gasteiger charge is 2.12. The second-order valence-corrected chi connectivity index (χ2v) is 7.89. The lowest BCUT2D eigenvalue weighted by atomic mass is 10.2. The first-order valence-electron chi connectivity index (χ1n) is 8.04. The predicted octanol–water partition coefficient (Wildman–Crippen LogP) is 5.38. The van der Waals surface area contributed by atoms with Gasteiger partial charge in [0.1, 0.15) is 5.75 Å². The lowest BCUT2D eigenvalue weighted by Crippen LogP contribution is -1.89. The van der Waals surface area contributed by atoms with Gasteiger partial charge in [0.2, 0.25) is 0 Å². The Kier molecular flexibility index (Phi) is 4.52. The molecule has 0 fully saturated rings. The summed E-state index contributed by atoms with van der Waals surface area (Å²) in [7, 11) is 0. The molecule has 0 radical (unpaired) electrons. The van der Waals surface area contributed by atoms with Crippen molar-refractivity contribution in [3.63, 3.8) is 0 Å². The third kappa shape index (κ3) is 3.25. The highest BCUT2D eigenvalue weighted by atomic mass is 32.2. The number of aromatic nitrogens is 2. The van der Waals surface area contributed by atoms with E-state index >= 15 is 0 Å². The normalized spacial score (nSPS) is 11.3. The summed E-state index contributed by atoms with van der Waals surface area (Å²) in [5.41, 5.74) is 2.94. The molecule has 0 atom stereocenters. The summed E-state index contributed by atoms with van der Waals surface area (Å²) in [4.78, 5) is 18.3. The van der Waals surface area contributed by atoms with Crippen LogP contribution in [0.1, 0.15) is 12.5 Å². The Morgan fingerprint density at radius 2 is 2.19 bits per heavy atom. The van der Waals surface area contributed by atoms with Gasteiger partial charge in [-0.1, -0.05) is 11.8 Å². The zero-order valence-corrected chi connectivity index (χ0v) is 15.5. The Morgan fingerprint density at radius 3 is 3.00 bits per heavy atom. The van der Waals surface area contributed by atoms with Gasteiger partial charge in [0.25, 0.3) is 5.69 Å². The first kappa shape index (κ1) is 16.9. The Bertz CT molecular complexity index is 1100. The molecule has 4 aromatic rings. The van der Waals surface area contributed by atoms with Crippen molar-refractivity contribution in [2.45, 2.75) is 17.0 Å². The number of nitro benzene ring substituents is 1. The van der Waals surface area contributed by atoms with E-state index in [4.69, 9.17) is 4.74 Å². The molecule has 26 heavy (non-hydrogen) atoms. The number of H-pyrrole nitrogens is 1. The SMILES string of the molecule is CCOc1ccc2nc(SCc3c[nH]c4cc([N+](=O)[O-])ccc34)sc2c1. The maximum atomic E-state index is 10.9. The number of thiazole rings is 1. The van der Waals surface area contributed by atoms with E-state index in [1.807, 2.05) is 31.3 Å². The van der Waals surface area contributed by atoms with Crippen molar-refractivity contribution in [2.24, 2.45) is 0 Å². The zero-order chi connectivity index (χ0) is 18.1. The number of benzene rings is 2. The Balaban J connectivity index is 1.54. The van der Waals surface area contributed by atoms with Gasteiger partial charge in [-0.15, -0.1) is 11.3 Å². The molecule has 2 heterocycles. The lowest BCUT2D eigenvalue weighted by molar-refractivity contribution is -0.384. The van der Waals surface area contributed by atoms with E-state index in [0.29, 0.717) is 6.61 Å². The zero-order valence-electron chi connectivity index (χ0n) is 13.9. The van der Waals surface area contributed by atoms with Gasteiger partial charge in [0.05, 0.1) is 27.3 Å². The minimum Gasteiger partial charge on any atom is -0.494 e. The first-order valence-corrected chi connectivity index (χ1v) is 9.85. The number of nitrogens with one attached hydrogen (secondary N) is 1. The van der Waals surface area contributed by atoms with Crippen LogP contribution in [0.25, 0.3) is 21.1 Å². The molecule has 0 aliphatic carbocycles. The fourth-order valence-corrected chi connectivity index (χ4v) is 4.84. The van der Waals surface area contributed by atoms with Gasteiger partial charge < -0.3 is 9.72 Å². The summed E-state index contributed by atoms with van der Waals surface area (Å²) in [6.45, 7) is 2.61. The number of ether oxygens (including phenoxy) is 1. The van der Waals surface area contributed by atoms with Gasteiger partial charge >= 0.3 is 0 Å². The van der Waals surface area contributed by atoms with Crippen molar-refractivity contribution in [3.8, 4) is 5.75 Å². The van der Waals surface area contributed by atoms with Crippen LogP contribution in [0.15, 0.2) is 46.9 Å². The van der Waals surface area contributed by atoms with Gasteiger partial charge in [-0.05, 0) is 36.8 Å². The van der Waals surface area contributed by atoms with Crippen molar-refractivity contribution >= 4 is 49.9 Å². The van der Waals surface area contributed by atoms with E-state index in [2.05, 4.69) is 9.97 Å². The second-order valence-electron chi connectivity index (χ2n) is 5.63. The molecule has 0 spiro atoms. The summed E-state index contributed by atoms with van der Waals surface area (Å²) in [6.07, 6.45) is 1.90. The van der Waals surface area contributed by atoms with Crippen LogP contribution in [0.5, 0.6) is 5.75 Å². The molecule has 132 valence electrons. The second kappa shape index (κ2) is 6.97. The summed E-state index contributed by atoms with van der Waals surface area (Å²) < 4.78 is 7.63. The molecule has 0 amide bonds. The van der Waals surface area contributed by atoms with Crippen LogP contribution in [0, 0.1) is 10.1 Å². The maximum absolute atomic E-state index is 10.9. The third-order valence-electron chi connectivity index (χ3n) is 3.96. The van der Waals surface area contributed by atoms with E-state index < -0.39 is 0 Å². The summed E-state index contributed by atoms with van der Waals surface area (Å²) in [5.74, 6) is 1.61. The van der Waals surface area contributed by atoms with Crippen molar-refractivity contribution in [2.75, 3.05) is 6.61 Å². The Morgan fingerprint density at radius 1 is 1.31 bits per heavy atom. The third-order valence-corrected chi connectivity index (χ3v) is 6.17. The molecule has 0 bridgehead atoms. The molecule has 0 unspecified atom stereocenters. The number of fused-ring (bicyclic) bond motifs is 2. The maximum Gasteiger partial charge on any atom is 0.271 e. The highest BCUT2D eigenvalue weighted by molar-refractivity contribution is 8.00. The van der Waals surface area contributed by atoms with Gasteiger partial charge in [-0.3, -0.25) is 10.1 Å². The Hall–Kier alpha value is -2.58. The number of thioether (sulfide) groups is 1. The Labute approximate surface area is 157 Å². The van der Waals surface area contributed by atoms with Crippen molar-refractivity contribution in [1.29, 1.82) is 0 Å². The molecule has 4 rings (SSSR count). The molecule has 2 aromatic carbocycles. The van der Waals surface area contributed by atoms with Crippen LogP contribution in [-0.2, 0) is 5.75 Å². The number of aromatic amines is 1. The van der Waals surface area contributed by atoms with E-state index in [-0.39, 0.29) is 10.6 Å². The molecule has 8 heteroatoms. The summed E-state index contributed by atoms with van der Waals surface area (Å²) in [6, 6.07) is 10.8. The molecule has 0 saturated carbocycles. The quantitative estimate of drug-likeness (QED) is 0.274. The fraction of sp³-hybridized carbons (Fsp3) is 0.167. The molecule has 1 N–H and O–H groups in total. The minimum absolute atomic E-state index is 0.0924. The number of hydrogen-bond donors (Lipinski definition) is 1. The van der Waals surface area contributed by atoms with E-state index in [0.717, 1.165) is 42.5 Å². The van der Waals surface area contributed by atoms with Crippen LogP contribution in [0.3, 0.4) is 0 Å². The minimum atomic E-state index is -0.383. The van der Waals surface area contributed by atoms with Crippen molar-refractivity contribution in [1.82, 2.24) is 9.97 Å². The summed E-state index contributed by atoms with van der Waals surface area (Å²) >= 11 is 3.30. The first-order chi connectivity index (χ1) is 12.6. The topological polar surface area (TPSA) is 81.0 Å². The van der Waals surface area contributed by atoms with Gasteiger partial charge in [0, 0.05) is 29.5 Å². The molecule has 6 nitrogen and oxygen atoms in total. The van der Waals surface area contributed by atoms with Crippen LogP contribution < -0.4 is 4.74 Å². The van der Waals surface area contributed by atoms with Crippen molar-refractivity contribution < 1.29 is 9.66 Å². The fourth-order valence-electron chi connectivity index (χ4n) is 2.75. The van der Waals surface area contributed by atoms with Gasteiger partial charge in [-0.25, -0.2) is 4.98 Å². The average molecular weight is 385 g/mol. The number of non-ortho nitro benzene ring substituents is 1. The molecule has 0 aliphatic rings. The van der Waals surface area contributed by atoms with E-state index in [1.165, 1.54) is 6.07 Å². The molecule has 2 aromatic heterocycles. The smallest absolute Gasteiger partial charge is 0.271 e. The largest absolute Gasteiger partial charge is 0.494 e. The van der Waals surface area contributed by atoms with Crippen LogP contribution >= 0.6 is 23.1 Å². The number of hydrogen-bond acceptors (Lipinski definition) is 6. The molecular weight excluding hydrogens is 370 g/mol. The van der Waals surface area contributed by atoms with E-state index in [1.54, 1.807) is 35.2 Å². The van der Waals surface area contributed by atoms with Gasteiger partial charge in [0.15, 0.2) is 4.34 Å². The number of rotatable bonds is 6.